The molecule has 0 aliphatic carbocycles. The second-order valence-electron chi connectivity index (χ2n) is 14.8. The number of Topliss-reactive ketones (excluding diaryl/α,β-unsaturated/α-hetero) is 1. The maximum absolute atomic E-state index is 14.2. The van der Waals surface area contributed by atoms with Gasteiger partial charge >= 0.3 is 5.97 Å². The molecule has 25 heteroatoms. The summed E-state index contributed by atoms with van der Waals surface area (Å²) in [5.41, 5.74) is 11.5. The Balaban J connectivity index is 2.13. The number of hydrogen-bond donors (Lipinski definition) is 11. The number of carboxylic acid groups (broad SMARTS) is 1. The molecule has 2 aliphatic rings. The number of amides is 8. The number of rotatable bonds is 12. The molecule has 64 heavy (non-hydrogen) atoms. The molecule has 1 aromatic rings. The molecule has 0 aromatic heterocycles. The van der Waals surface area contributed by atoms with Gasteiger partial charge in [0.1, 0.15) is 36.3 Å². The zero-order valence-corrected chi connectivity index (χ0v) is 37.9. The van der Waals surface area contributed by atoms with Crippen LogP contribution in [0.5, 0.6) is 0 Å². The molecule has 3 rings (SSSR count). The lowest BCUT2D eigenvalue weighted by Crippen LogP contribution is -2.59. The summed E-state index contributed by atoms with van der Waals surface area (Å²) in [4.78, 5) is 138. The van der Waals surface area contributed by atoms with Gasteiger partial charge in [-0.15, -0.1) is 11.8 Å². The number of benzene rings is 1. The Morgan fingerprint density at radius 2 is 1.25 bits per heavy atom. The van der Waals surface area contributed by atoms with E-state index in [4.69, 9.17) is 11.5 Å². The van der Waals surface area contributed by atoms with Gasteiger partial charge in [0.15, 0.2) is 11.7 Å². The lowest BCUT2D eigenvalue weighted by atomic mass is 10.0. The molecular formula is C39H57N11O11S3. The number of nitrogens with zero attached hydrogens (tertiary/aromatic N) is 1. The highest BCUT2D eigenvalue weighted by molar-refractivity contribution is 8.76. The van der Waals surface area contributed by atoms with E-state index in [2.05, 4.69) is 47.5 Å². The second kappa shape index (κ2) is 27.6. The Bertz CT molecular complexity index is 1870. The smallest absolute Gasteiger partial charge is 0.305 e. The Kier molecular flexibility index (Phi) is 22.8. The van der Waals surface area contributed by atoms with E-state index in [0.29, 0.717) is 18.4 Å². The van der Waals surface area contributed by atoms with E-state index < -0.39 is 114 Å². The van der Waals surface area contributed by atoms with Crippen LogP contribution in [-0.2, 0) is 54.4 Å². The van der Waals surface area contributed by atoms with Crippen molar-refractivity contribution in [2.45, 2.75) is 101 Å². The Morgan fingerprint density at radius 1 is 0.688 bits per heavy atom. The summed E-state index contributed by atoms with van der Waals surface area (Å²) >= 11 is 1.01. The number of unbranched alkanes of at least 4 members (excludes halogenated alkanes) is 1. The third kappa shape index (κ3) is 19.0. The predicted molar refractivity (Wildman–Crippen MR) is 241 cm³/mol. The van der Waals surface area contributed by atoms with Crippen LogP contribution in [0.25, 0.3) is 0 Å². The summed E-state index contributed by atoms with van der Waals surface area (Å²) in [5.74, 6) is -9.48. The first-order valence-corrected chi connectivity index (χ1v) is 24.1. The number of carboxylic acids is 1. The Morgan fingerprint density at radius 3 is 1.84 bits per heavy atom. The molecule has 7 atom stereocenters. The third-order valence-electron chi connectivity index (χ3n) is 9.59. The van der Waals surface area contributed by atoms with Crippen LogP contribution in [0.15, 0.2) is 35.3 Å². The summed E-state index contributed by atoms with van der Waals surface area (Å²) in [6.07, 6.45) is 0.529. The van der Waals surface area contributed by atoms with Gasteiger partial charge < -0.3 is 59.1 Å². The van der Waals surface area contributed by atoms with Crippen molar-refractivity contribution in [3.63, 3.8) is 0 Å². The summed E-state index contributed by atoms with van der Waals surface area (Å²) in [7, 11) is 1.97. The van der Waals surface area contributed by atoms with E-state index in [-0.39, 0.29) is 61.2 Å². The van der Waals surface area contributed by atoms with Crippen molar-refractivity contribution < 1.29 is 53.1 Å². The molecule has 1 aromatic carbocycles. The largest absolute Gasteiger partial charge is 0.481 e. The first-order chi connectivity index (χ1) is 30.5. The van der Waals surface area contributed by atoms with E-state index in [1.54, 1.807) is 30.3 Å². The number of hydrogen-bond acceptors (Lipinski definition) is 14. The van der Waals surface area contributed by atoms with Crippen LogP contribution in [-0.4, -0.2) is 148 Å². The molecule has 2 saturated heterocycles. The minimum atomic E-state index is -1.74. The van der Waals surface area contributed by atoms with Crippen LogP contribution in [0.4, 0.5) is 0 Å². The standard InChI is InChI=1S/C39H57N11O11S3/c1-3-4-11-24-34(57)49-28-18-63-64-19-29(38(61)47-25(14-22-9-6-5-7-10-22)35(58)48-27(21(2)51)17-62-20-31(53)44-24)50-36(59)26(15-32(54)55)45-30(52)16-43-33(56)23(46-37(28)60)12-8-13-42-39(40)41/h5-7,9-10,23-29H,3-4,8,11-20H2,1-2H3,(H,43,56)(H,44,53)(H,45,52)(H,46,60)(H,47,61)(H,48,58)(H,49,57)(H,50,59)(H,54,55)(H4,40,41,42)/t23-,24-,25?,26-,27-,28-,29-/m0/s1. The summed E-state index contributed by atoms with van der Waals surface area (Å²) in [6.45, 7) is 2.44. The number of aliphatic carboxylic acids is 1. The molecule has 2 aliphatic heterocycles. The van der Waals surface area contributed by atoms with Gasteiger partial charge in [0.25, 0.3) is 0 Å². The number of carbonyl (C=O) groups is 10. The van der Waals surface area contributed by atoms with Gasteiger partial charge in [-0.05, 0) is 31.7 Å². The van der Waals surface area contributed by atoms with Gasteiger partial charge in [0.05, 0.1) is 24.8 Å². The van der Waals surface area contributed by atoms with Crippen molar-refractivity contribution in [2.75, 3.05) is 36.1 Å². The zero-order chi connectivity index (χ0) is 47.2. The monoisotopic (exact) mass is 951 g/mol. The number of guanidine groups is 1. The fourth-order valence-electron chi connectivity index (χ4n) is 6.15. The van der Waals surface area contributed by atoms with Crippen molar-refractivity contribution in [3.05, 3.63) is 35.9 Å². The average molecular weight is 952 g/mol. The van der Waals surface area contributed by atoms with Crippen LogP contribution in [0, 0.1) is 0 Å². The number of nitrogens with one attached hydrogen (secondary N) is 8. The molecule has 2 bridgehead atoms. The first kappa shape index (κ1) is 52.8. The third-order valence-corrected chi connectivity index (χ3v) is 13.0. The van der Waals surface area contributed by atoms with E-state index in [9.17, 15) is 53.1 Å². The number of carbonyl (C=O) groups excluding carboxylic acids is 9. The molecular weight excluding hydrogens is 895 g/mol. The molecule has 0 saturated carbocycles. The fraction of sp³-hybridized carbons (Fsp3) is 0.564. The quantitative estimate of drug-likeness (QED) is 0.0436. The molecule has 1 unspecified atom stereocenters. The number of fused-ring (bicyclic) bond motifs is 5. The van der Waals surface area contributed by atoms with E-state index in [1.165, 1.54) is 6.92 Å². The predicted octanol–water partition coefficient (Wildman–Crippen LogP) is -2.81. The topological polar surface area (TPSA) is 352 Å². The number of thioether (sulfide) groups is 1. The van der Waals surface area contributed by atoms with Crippen molar-refractivity contribution in [1.29, 1.82) is 0 Å². The molecule has 2 fully saturated rings. The van der Waals surface area contributed by atoms with Crippen LogP contribution in [0.1, 0.15) is 57.9 Å². The maximum Gasteiger partial charge on any atom is 0.305 e. The van der Waals surface area contributed by atoms with Gasteiger partial charge in [-0.1, -0.05) is 71.7 Å². The highest BCUT2D eigenvalue weighted by Crippen LogP contribution is 2.24. The number of ketones is 1. The average Bonchev–Trinajstić information content (AvgIpc) is 3.24. The number of aliphatic imine (C=N–C) groups is 1. The molecule has 13 N–H and O–H groups in total. The highest BCUT2D eigenvalue weighted by atomic mass is 33.1. The fourth-order valence-corrected chi connectivity index (χ4v) is 9.42. The first-order valence-electron chi connectivity index (χ1n) is 20.5. The van der Waals surface area contributed by atoms with Crippen molar-refractivity contribution >= 4 is 98.3 Å². The van der Waals surface area contributed by atoms with E-state index >= 15 is 0 Å². The van der Waals surface area contributed by atoms with Gasteiger partial charge in [-0.25, -0.2) is 0 Å². The van der Waals surface area contributed by atoms with Crippen LogP contribution < -0.4 is 54.0 Å². The summed E-state index contributed by atoms with van der Waals surface area (Å²) < 4.78 is 0. The van der Waals surface area contributed by atoms with Gasteiger partial charge in [-0.2, -0.15) is 0 Å². The molecule has 0 spiro atoms. The SMILES string of the molecule is CCCC[C@@H]1NC(=O)CSC[C@@H](C(C)=O)NC(=O)C(Cc2ccccc2)NC(=O)[C@@H]2CSSC[C@H](NC1=O)C(=O)N[C@@H](CCCN=C(N)N)C(=O)NCC(=O)N[C@@H](CC(=O)O)C(=O)N2. The molecule has 22 nitrogen and oxygen atoms in total. The second-order valence-corrected chi connectivity index (χ2v) is 18.4. The minimum absolute atomic E-state index is 0.0417. The van der Waals surface area contributed by atoms with Crippen LogP contribution in [0.3, 0.4) is 0 Å². The van der Waals surface area contributed by atoms with Crippen molar-refractivity contribution in [2.24, 2.45) is 16.5 Å². The lowest BCUT2D eigenvalue weighted by molar-refractivity contribution is -0.141. The van der Waals surface area contributed by atoms with Gasteiger partial charge in [-0.3, -0.25) is 52.9 Å². The highest BCUT2D eigenvalue weighted by Gasteiger charge is 2.34. The molecule has 8 amide bonds. The normalized spacial score (nSPS) is 25.2. The molecule has 352 valence electrons. The van der Waals surface area contributed by atoms with Crippen molar-refractivity contribution in [1.82, 2.24) is 42.5 Å². The maximum atomic E-state index is 14.2. The zero-order valence-electron chi connectivity index (χ0n) is 35.5. The van der Waals surface area contributed by atoms with E-state index in [0.717, 1.165) is 33.3 Å². The van der Waals surface area contributed by atoms with Crippen molar-refractivity contribution in [3.8, 4) is 0 Å². The van der Waals surface area contributed by atoms with Gasteiger partial charge in [0.2, 0.25) is 47.3 Å². The van der Waals surface area contributed by atoms with Crippen LogP contribution >= 0.6 is 33.3 Å². The van der Waals surface area contributed by atoms with Crippen LogP contribution in [0.2, 0.25) is 0 Å². The van der Waals surface area contributed by atoms with E-state index in [1.807, 2.05) is 6.92 Å². The Hall–Kier alpha value is -5.56. The lowest BCUT2D eigenvalue weighted by Gasteiger charge is -2.27. The summed E-state index contributed by atoms with van der Waals surface area (Å²) in [5, 5.41) is 30.1. The molecule has 0 radical (unpaired) electrons. The number of nitrogens with two attached hydrogens (primary N) is 2. The Labute approximate surface area is 382 Å². The minimum Gasteiger partial charge on any atom is -0.481 e. The molecule has 2 heterocycles. The van der Waals surface area contributed by atoms with Gasteiger partial charge in [0, 0.05) is 30.2 Å². The summed E-state index contributed by atoms with van der Waals surface area (Å²) in [6, 6.07) is -0.789.